The van der Waals surface area contributed by atoms with E-state index in [0.29, 0.717) is 17.0 Å². The molecular formula is C19H21FN4O4S. The Hall–Kier alpha value is -3.27. The van der Waals surface area contributed by atoms with Crippen LogP contribution in [0.15, 0.2) is 53.6 Å². The molecule has 2 N–H and O–H groups in total. The van der Waals surface area contributed by atoms with Gasteiger partial charge in [0.2, 0.25) is 15.9 Å². The lowest BCUT2D eigenvalue weighted by molar-refractivity contribution is -0.119. The van der Waals surface area contributed by atoms with Crippen molar-refractivity contribution in [3.63, 3.8) is 0 Å². The van der Waals surface area contributed by atoms with Crippen LogP contribution in [0.3, 0.4) is 0 Å². The molecule has 0 aliphatic rings. The van der Waals surface area contributed by atoms with Gasteiger partial charge in [0.25, 0.3) is 5.91 Å². The Morgan fingerprint density at radius 3 is 2.14 bits per heavy atom. The summed E-state index contributed by atoms with van der Waals surface area (Å²) in [5.74, 6) is -1.36. The minimum Gasteiger partial charge on any atom is -0.326 e. The third kappa shape index (κ3) is 6.68. The molecule has 0 saturated carbocycles. The van der Waals surface area contributed by atoms with Crippen LogP contribution in [-0.4, -0.2) is 38.7 Å². The number of carbonyl (C=O) groups is 2. The SMILES string of the molecule is CC(=O)Nc1ccc(/C(C)=N\NC(=O)CN(c2ccc(F)cc2)S(C)(=O)=O)cc1. The molecule has 0 aromatic heterocycles. The topological polar surface area (TPSA) is 108 Å². The molecule has 2 aromatic rings. The monoisotopic (exact) mass is 420 g/mol. The Balaban J connectivity index is 2.07. The number of halogens is 1. The van der Waals surface area contributed by atoms with Crippen LogP contribution < -0.4 is 15.0 Å². The van der Waals surface area contributed by atoms with E-state index in [1.807, 2.05) is 0 Å². The first-order valence-electron chi connectivity index (χ1n) is 8.50. The van der Waals surface area contributed by atoms with Crippen molar-refractivity contribution in [3.8, 4) is 0 Å². The van der Waals surface area contributed by atoms with Crippen molar-refractivity contribution < 1.29 is 22.4 Å². The van der Waals surface area contributed by atoms with E-state index in [2.05, 4.69) is 15.8 Å². The van der Waals surface area contributed by atoms with Gasteiger partial charge in [0.15, 0.2) is 0 Å². The number of rotatable bonds is 7. The molecule has 0 saturated heterocycles. The van der Waals surface area contributed by atoms with Crippen LogP contribution >= 0.6 is 0 Å². The first kappa shape index (κ1) is 22.0. The molecule has 0 heterocycles. The van der Waals surface area contributed by atoms with Crippen LogP contribution in [0.1, 0.15) is 19.4 Å². The average molecular weight is 420 g/mol. The zero-order chi connectivity index (χ0) is 21.6. The zero-order valence-corrected chi connectivity index (χ0v) is 17.0. The van der Waals surface area contributed by atoms with Crippen LogP contribution in [-0.2, 0) is 19.6 Å². The van der Waals surface area contributed by atoms with E-state index in [1.54, 1.807) is 31.2 Å². The van der Waals surface area contributed by atoms with Crippen LogP contribution in [0.4, 0.5) is 15.8 Å². The standard InChI is InChI=1S/C19H21FN4O4S/c1-13(15-4-8-17(9-5-15)21-14(2)25)22-23-19(26)12-24(29(3,27)28)18-10-6-16(20)7-11-18/h4-11H,12H2,1-3H3,(H,21,25)(H,23,26)/b22-13-. The Kier molecular flexibility index (Phi) is 7.05. The summed E-state index contributed by atoms with van der Waals surface area (Å²) in [6, 6.07) is 11.6. The lowest BCUT2D eigenvalue weighted by Gasteiger charge is -2.21. The second-order valence-electron chi connectivity index (χ2n) is 6.24. The third-order valence-electron chi connectivity index (χ3n) is 3.77. The average Bonchev–Trinajstić information content (AvgIpc) is 2.64. The van der Waals surface area contributed by atoms with E-state index >= 15 is 0 Å². The second-order valence-corrected chi connectivity index (χ2v) is 8.14. The maximum Gasteiger partial charge on any atom is 0.260 e. The lowest BCUT2D eigenvalue weighted by atomic mass is 10.1. The normalized spacial score (nSPS) is 11.7. The second kappa shape index (κ2) is 9.28. The Bertz CT molecular complexity index is 1020. The minimum atomic E-state index is -3.76. The lowest BCUT2D eigenvalue weighted by Crippen LogP contribution is -2.39. The molecule has 0 fully saturated rings. The first-order chi connectivity index (χ1) is 13.6. The van der Waals surface area contributed by atoms with Gasteiger partial charge in [0.05, 0.1) is 17.7 Å². The molecule has 2 amide bonds. The van der Waals surface area contributed by atoms with Crippen molar-refractivity contribution in [2.24, 2.45) is 5.10 Å². The van der Waals surface area contributed by atoms with Crippen LogP contribution in [0.25, 0.3) is 0 Å². The van der Waals surface area contributed by atoms with Gasteiger partial charge in [-0.15, -0.1) is 0 Å². The molecule has 2 rings (SSSR count). The van der Waals surface area contributed by atoms with Crippen molar-refractivity contribution in [1.82, 2.24) is 5.43 Å². The smallest absolute Gasteiger partial charge is 0.260 e. The molecule has 10 heteroatoms. The summed E-state index contributed by atoms with van der Waals surface area (Å²) in [7, 11) is -3.76. The summed E-state index contributed by atoms with van der Waals surface area (Å²) < 4.78 is 38.0. The number of amides is 2. The van der Waals surface area contributed by atoms with E-state index in [4.69, 9.17) is 0 Å². The Morgan fingerprint density at radius 2 is 1.62 bits per heavy atom. The van der Waals surface area contributed by atoms with Gasteiger partial charge < -0.3 is 5.32 Å². The van der Waals surface area contributed by atoms with Crippen molar-refractivity contribution in [2.45, 2.75) is 13.8 Å². The molecule has 154 valence electrons. The number of hydrogen-bond acceptors (Lipinski definition) is 5. The van der Waals surface area contributed by atoms with Gasteiger partial charge in [-0.25, -0.2) is 18.2 Å². The third-order valence-corrected chi connectivity index (χ3v) is 4.91. The number of carbonyl (C=O) groups excluding carboxylic acids is 2. The number of benzene rings is 2. The predicted molar refractivity (Wildman–Crippen MR) is 110 cm³/mol. The molecule has 0 unspecified atom stereocenters. The molecule has 0 aliphatic heterocycles. The molecule has 29 heavy (non-hydrogen) atoms. The van der Waals surface area contributed by atoms with E-state index in [0.717, 1.165) is 22.7 Å². The van der Waals surface area contributed by atoms with Gasteiger partial charge in [0.1, 0.15) is 12.4 Å². The van der Waals surface area contributed by atoms with Crippen molar-refractivity contribution >= 4 is 38.9 Å². The van der Waals surface area contributed by atoms with Gasteiger partial charge in [-0.3, -0.25) is 13.9 Å². The Morgan fingerprint density at radius 1 is 1.03 bits per heavy atom. The molecule has 0 bridgehead atoms. The summed E-state index contributed by atoms with van der Waals surface area (Å²) in [5.41, 5.74) is 4.29. The largest absolute Gasteiger partial charge is 0.326 e. The first-order valence-corrected chi connectivity index (χ1v) is 10.4. The molecule has 0 spiro atoms. The van der Waals surface area contributed by atoms with Gasteiger partial charge in [-0.1, -0.05) is 12.1 Å². The molecule has 0 radical (unpaired) electrons. The van der Waals surface area contributed by atoms with Crippen LogP contribution in [0.2, 0.25) is 0 Å². The molecule has 0 atom stereocenters. The van der Waals surface area contributed by atoms with Crippen molar-refractivity contribution in [3.05, 3.63) is 59.9 Å². The summed E-state index contributed by atoms with van der Waals surface area (Å²) in [5, 5.41) is 6.62. The summed E-state index contributed by atoms with van der Waals surface area (Å²) in [6.07, 6.45) is 0.953. The minimum absolute atomic E-state index is 0.165. The molecule has 0 aliphatic carbocycles. The summed E-state index contributed by atoms with van der Waals surface area (Å²) in [4.78, 5) is 23.2. The number of hydrazone groups is 1. The Labute approximate surface area is 168 Å². The van der Waals surface area contributed by atoms with E-state index in [1.165, 1.54) is 19.1 Å². The van der Waals surface area contributed by atoms with E-state index in [9.17, 15) is 22.4 Å². The van der Waals surface area contributed by atoms with Crippen molar-refractivity contribution in [2.75, 3.05) is 22.4 Å². The number of sulfonamides is 1. The van der Waals surface area contributed by atoms with Crippen molar-refractivity contribution in [1.29, 1.82) is 0 Å². The number of nitrogens with one attached hydrogen (secondary N) is 2. The predicted octanol–water partition coefficient (Wildman–Crippen LogP) is 2.09. The molecule has 8 nitrogen and oxygen atoms in total. The zero-order valence-electron chi connectivity index (χ0n) is 16.1. The van der Waals surface area contributed by atoms with Gasteiger partial charge in [0, 0.05) is 12.6 Å². The summed E-state index contributed by atoms with van der Waals surface area (Å²) in [6.45, 7) is 2.56. The number of hydrogen-bond donors (Lipinski definition) is 2. The fourth-order valence-electron chi connectivity index (χ4n) is 2.38. The molecule has 2 aromatic carbocycles. The van der Waals surface area contributed by atoms with Crippen LogP contribution in [0.5, 0.6) is 0 Å². The highest BCUT2D eigenvalue weighted by Crippen LogP contribution is 2.17. The number of nitrogens with zero attached hydrogens (tertiary/aromatic N) is 2. The van der Waals surface area contributed by atoms with Crippen LogP contribution in [0, 0.1) is 5.82 Å². The van der Waals surface area contributed by atoms with Gasteiger partial charge in [-0.2, -0.15) is 5.10 Å². The fourth-order valence-corrected chi connectivity index (χ4v) is 3.24. The quantitative estimate of drug-likeness (QED) is 0.528. The number of anilines is 2. The summed E-state index contributed by atoms with van der Waals surface area (Å²) >= 11 is 0. The highest BCUT2D eigenvalue weighted by atomic mass is 32.2. The highest BCUT2D eigenvalue weighted by Gasteiger charge is 2.20. The fraction of sp³-hybridized carbons (Fsp3) is 0.211. The molecular weight excluding hydrogens is 399 g/mol. The maximum absolute atomic E-state index is 13.1. The maximum atomic E-state index is 13.1. The van der Waals surface area contributed by atoms with Gasteiger partial charge >= 0.3 is 0 Å². The highest BCUT2D eigenvalue weighted by molar-refractivity contribution is 7.92. The van der Waals surface area contributed by atoms with E-state index < -0.39 is 28.3 Å². The van der Waals surface area contributed by atoms with Gasteiger partial charge in [-0.05, 0) is 48.9 Å². The van der Waals surface area contributed by atoms with E-state index in [-0.39, 0.29) is 11.6 Å².